The summed E-state index contributed by atoms with van der Waals surface area (Å²) in [6, 6.07) is 5.55. The van der Waals surface area contributed by atoms with Crippen molar-refractivity contribution in [2.24, 2.45) is 0 Å². The van der Waals surface area contributed by atoms with Crippen LogP contribution in [0.1, 0.15) is 18.9 Å². The molecular formula is C12H15BrFNO2. The lowest BCUT2D eigenvalue weighted by atomic mass is 10.2. The minimum atomic E-state index is -0.377. The number of benzene rings is 1. The Morgan fingerprint density at radius 1 is 1.53 bits per heavy atom. The molecule has 0 aromatic heterocycles. The van der Waals surface area contributed by atoms with E-state index >= 15 is 0 Å². The number of alkyl halides is 1. The number of carbonyl (C=O) groups excluding carboxylic acids is 1. The van der Waals surface area contributed by atoms with Gasteiger partial charge in [0.15, 0.2) is 0 Å². The highest BCUT2D eigenvalue weighted by Crippen LogP contribution is 2.26. The van der Waals surface area contributed by atoms with Crippen molar-refractivity contribution in [3.63, 3.8) is 0 Å². The van der Waals surface area contributed by atoms with Crippen molar-refractivity contribution in [2.75, 3.05) is 13.3 Å². The first-order valence-corrected chi connectivity index (χ1v) is 6.14. The van der Waals surface area contributed by atoms with Crippen molar-refractivity contribution in [2.45, 2.75) is 19.9 Å². The standard InChI is InChI=1S/C12H15BrFNO2/c1-9(16)15-8-10-3-4-12(11(13)7-10)17-6-2-5-14/h3-4,7H,2,5-6,8H2,1H3,(H,15,16). The van der Waals surface area contributed by atoms with E-state index in [1.165, 1.54) is 6.92 Å². The first kappa shape index (κ1) is 14.0. The fraction of sp³-hybridized carbons (Fsp3) is 0.417. The molecule has 0 aliphatic carbocycles. The number of hydrogen-bond acceptors (Lipinski definition) is 2. The molecular weight excluding hydrogens is 289 g/mol. The van der Waals surface area contributed by atoms with E-state index in [1.54, 1.807) is 6.07 Å². The monoisotopic (exact) mass is 303 g/mol. The zero-order valence-corrected chi connectivity index (χ0v) is 11.2. The van der Waals surface area contributed by atoms with Gasteiger partial charge in [0, 0.05) is 19.9 Å². The van der Waals surface area contributed by atoms with Gasteiger partial charge in [-0.2, -0.15) is 0 Å². The largest absolute Gasteiger partial charge is 0.492 e. The Kier molecular flexibility index (Phi) is 5.97. The summed E-state index contributed by atoms with van der Waals surface area (Å²) >= 11 is 3.37. The third kappa shape index (κ3) is 5.17. The predicted octanol–water partition coefficient (Wildman–Crippen LogP) is 2.82. The van der Waals surface area contributed by atoms with Crippen LogP contribution in [0.3, 0.4) is 0 Å². The van der Waals surface area contributed by atoms with Gasteiger partial charge in [0.05, 0.1) is 17.8 Å². The van der Waals surface area contributed by atoms with E-state index in [9.17, 15) is 9.18 Å². The van der Waals surface area contributed by atoms with Gasteiger partial charge in [-0.25, -0.2) is 0 Å². The molecule has 1 aromatic rings. The van der Waals surface area contributed by atoms with Gasteiger partial charge in [-0.05, 0) is 33.6 Å². The van der Waals surface area contributed by atoms with Crippen LogP contribution >= 0.6 is 15.9 Å². The maximum absolute atomic E-state index is 11.9. The Morgan fingerprint density at radius 3 is 2.88 bits per heavy atom. The minimum absolute atomic E-state index is 0.0654. The molecule has 0 unspecified atom stereocenters. The Bertz CT molecular complexity index is 385. The molecule has 0 saturated heterocycles. The third-order valence-electron chi connectivity index (χ3n) is 2.07. The van der Waals surface area contributed by atoms with Crippen LogP contribution in [0.25, 0.3) is 0 Å². The normalized spacial score (nSPS) is 10.1. The quantitative estimate of drug-likeness (QED) is 0.821. The van der Waals surface area contributed by atoms with Gasteiger partial charge in [-0.1, -0.05) is 6.07 Å². The highest BCUT2D eigenvalue weighted by molar-refractivity contribution is 9.10. The molecule has 0 atom stereocenters. The zero-order valence-electron chi connectivity index (χ0n) is 9.63. The van der Waals surface area contributed by atoms with E-state index in [4.69, 9.17) is 4.74 Å². The van der Waals surface area contributed by atoms with E-state index in [0.29, 0.717) is 25.3 Å². The van der Waals surface area contributed by atoms with Gasteiger partial charge in [-0.15, -0.1) is 0 Å². The molecule has 0 spiro atoms. The van der Waals surface area contributed by atoms with Crippen LogP contribution in [0.15, 0.2) is 22.7 Å². The summed E-state index contributed by atoms with van der Waals surface area (Å²) < 4.78 is 18.1. The van der Waals surface area contributed by atoms with E-state index in [-0.39, 0.29) is 12.6 Å². The predicted molar refractivity (Wildman–Crippen MR) is 67.7 cm³/mol. The van der Waals surface area contributed by atoms with Crippen LogP contribution in [0.2, 0.25) is 0 Å². The molecule has 5 heteroatoms. The molecule has 0 fully saturated rings. The Morgan fingerprint density at radius 2 is 2.29 bits per heavy atom. The van der Waals surface area contributed by atoms with Crippen molar-refractivity contribution in [3.8, 4) is 5.75 Å². The van der Waals surface area contributed by atoms with E-state index in [1.807, 2.05) is 12.1 Å². The maximum atomic E-state index is 11.9. The smallest absolute Gasteiger partial charge is 0.217 e. The number of hydrogen-bond donors (Lipinski definition) is 1. The SMILES string of the molecule is CC(=O)NCc1ccc(OCCCF)c(Br)c1. The molecule has 1 rings (SSSR count). The lowest BCUT2D eigenvalue weighted by Crippen LogP contribution is -2.18. The number of ether oxygens (including phenoxy) is 1. The number of halogens is 2. The minimum Gasteiger partial charge on any atom is -0.492 e. The molecule has 0 saturated carbocycles. The third-order valence-corrected chi connectivity index (χ3v) is 2.69. The summed E-state index contributed by atoms with van der Waals surface area (Å²) in [4.78, 5) is 10.8. The first-order chi connectivity index (χ1) is 8.13. The second-order valence-corrected chi connectivity index (χ2v) is 4.42. The maximum Gasteiger partial charge on any atom is 0.217 e. The van der Waals surface area contributed by atoms with Crippen LogP contribution < -0.4 is 10.1 Å². The number of rotatable bonds is 6. The van der Waals surface area contributed by atoms with Crippen molar-refractivity contribution < 1.29 is 13.9 Å². The summed E-state index contributed by atoms with van der Waals surface area (Å²) in [5.41, 5.74) is 0.977. The van der Waals surface area contributed by atoms with E-state index in [2.05, 4.69) is 21.2 Å². The Balaban J connectivity index is 2.56. The fourth-order valence-corrected chi connectivity index (χ4v) is 1.78. The topological polar surface area (TPSA) is 38.3 Å². The van der Waals surface area contributed by atoms with Crippen molar-refractivity contribution in [3.05, 3.63) is 28.2 Å². The van der Waals surface area contributed by atoms with Crippen LogP contribution in [-0.2, 0) is 11.3 Å². The average molecular weight is 304 g/mol. The molecule has 94 valence electrons. The van der Waals surface area contributed by atoms with Gasteiger partial charge in [-0.3, -0.25) is 9.18 Å². The zero-order chi connectivity index (χ0) is 12.7. The molecule has 1 amide bonds. The van der Waals surface area contributed by atoms with Gasteiger partial charge in [0.25, 0.3) is 0 Å². The highest BCUT2D eigenvalue weighted by atomic mass is 79.9. The van der Waals surface area contributed by atoms with Crippen LogP contribution in [-0.4, -0.2) is 19.2 Å². The first-order valence-electron chi connectivity index (χ1n) is 5.35. The lowest BCUT2D eigenvalue weighted by Gasteiger charge is -2.09. The molecule has 0 radical (unpaired) electrons. The fourth-order valence-electron chi connectivity index (χ4n) is 1.23. The second-order valence-electron chi connectivity index (χ2n) is 3.57. The molecule has 0 bridgehead atoms. The molecule has 0 aliphatic heterocycles. The van der Waals surface area contributed by atoms with Crippen LogP contribution in [0, 0.1) is 0 Å². The highest BCUT2D eigenvalue weighted by Gasteiger charge is 2.03. The summed E-state index contributed by atoms with van der Waals surface area (Å²) in [5, 5.41) is 2.71. The van der Waals surface area contributed by atoms with Crippen molar-refractivity contribution in [1.82, 2.24) is 5.32 Å². The van der Waals surface area contributed by atoms with Crippen LogP contribution in [0.5, 0.6) is 5.75 Å². The van der Waals surface area contributed by atoms with Gasteiger partial charge < -0.3 is 10.1 Å². The van der Waals surface area contributed by atoms with Crippen molar-refractivity contribution in [1.29, 1.82) is 0 Å². The van der Waals surface area contributed by atoms with Gasteiger partial charge in [0.2, 0.25) is 5.91 Å². The van der Waals surface area contributed by atoms with Crippen molar-refractivity contribution >= 4 is 21.8 Å². The van der Waals surface area contributed by atoms with E-state index in [0.717, 1.165) is 10.0 Å². The van der Waals surface area contributed by atoms with Crippen LogP contribution in [0.4, 0.5) is 4.39 Å². The molecule has 0 aliphatic rings. The van der Waals surface area contributed by atoms with Gasteiger partial charge >= 0.3 is 0 Å². The molecule has 17 heavy (non-hydrogen) atoms. The summed E-state index contributed by atoms with van der Waals surface area (Å²) in [7, 11) is 0. The summed E-state index contributed by atoms with van der Waals surface area (Å²) in [6.45, 7) is 1.94. The average Bonchev–Trinajstić information content (AvgIpc) is 2.29. The summed E-state index contributed by atoms with van der Waals surface area (Å²) in [6.07, 6.45) is 0.389. The molecule has 1 aromatic carbocycles. The molecule has 1 N–H and O–H groups in total. The number of amides is 1. The number of carbonyl (C=O) groups is 1. The van der Waals surface area contributed by atoms with E-state index < -0.39 is 0 Å². The lowest BCUT2D eigenvalue weighted by molar-refractivity contribution is -0.119. The molecule has 0 heterocycles. The Hall–Kier alpha value is -1.10. The summed E-state index contributed by atoms with van der Waals surface area (Å²) in [5.74, 6) is 0.620. The number of nitrogens with one attached hydrogen (secondary N) is 1. The Labute approximate surface area is 108 Å². The van der Waals surface area contributed by atoms with Gasteiger partial charge in [0.1, 0.15) is 5.75 Å². The molecule has 3 nitrogen and oxygen atoms in total. The second kappa shape index (κ2) is 7.27.